The maximum absolute atomic E-state index is 2.49. The average Bonchev–Trinajstić information content (AvgIpc) is 3.64. The van der Waals surface area contributed by atoms with Crippen LogP contribution in [0, 0.1) is 20.8 Å². The average molecular weight is 710 g/mol. The van der Waals surface area contributed by atoms with E-state index in [-0.39, 0.29) is 5.41 Å². The van der Waals surface area contributed by atoms with Crippen LogP contribution in [-0.4, -0.2) is 4.57 Å². The van der Waals surface area contributed by atoms with E-state index >= 15 is 0 Å². The Bertz CT molecular complexity index is 2860. The first-order valence-electron chi connectivity index (χ1n) is 19.6. The van der Waals surface area contributed by atoms with Gasteiger partial charge in [-0.3, -0.25) is 0 Å². The summed E-state index contributed by atoms with van der Waals surface area (Å²) in [6.45, 7) is 15.8. The molecule has 0 spiro atoms. The van der Waals surface area contributed by atoms with Crippen LogP contribution in [0.4, 0.5) is 0 Å². The molecule has 7 aromatic carbocycles. The summed E-state index contributed by atoms with van der Waals surface area (Å²) in [5.41, 5.74) is 23.2. The number of allylic oxidation sites excluding steroid dienone is 4. The van der Waals surface area contributed by atoms with Crippen molar-refractivity contribution in [2.75, 3.05) is 0 Å². The summed E-state index contributed by atoms with van der Waals surface area (Å²) in [6.07, 6.45) is 6.34. The molecule has 0 unspecified atom stereocenters. The van der Waals surface area contributed by atoms with E-state index in [9.17, 15) is 0 Å². The lowest BCUT2D eigenvalue weighted by molar-refractivity contribution is 0.659. The van der Waals surface area contributed by atoms with Crippen molar-refractivity contribution in [1.29, 1.82) is 0 Å². The highest BCUT2D eigenvalue weighted by Gasteiger charge is 2.37. The van der Waals surface area contributed by atoms with Crippen LogP contribution in [0.5, 0.6) is 0 Å². The Morgan fingerprint density at radius 2 is 1.20 bits per heavy atom. The van der Waals surface area contributed by atoms with E-state index in [2.05, 4.69) is 211 Å². The summed E-state index contributed by atoms with van der Waals surface area (Å²) in [6, 6.07) is 52.3. The molecular weight excluding hydrogens is 663 g/mol. The van der Waals surface area contributed by atoms with Crippen LogP contribution in [0.2, 0.25) is 0 Å². The maximum Gasteiger partial charge on any atom is 0.0541 e. The van der Waals surface area contributed by atoms with Gasteiger partial charge in [0.25, 0.3) is 0 Å². The fourth-order valence-electron chi connectivity index (χ4n) is 9.12. The van der Waals surface area contributed by atoms with Gasteiger partial charge in [0.15, 0.2) is 0 Å². The summed E-state index contributed by atoms with van der Waals surface area (Å²) in [7, 11) is 0. The van der Waals surface area contributed by atoms with Crippen molar-refractivity contribution < 1.29 is 0 Å². The fraction of sp³-hybridized carbons (Fsp3) is 0.148. The molecule has 0 N–H and O–H groups in total. The van der Waals surface area contributed by atoms with Crippen molar-refractivity contribution in [2.45, 2.75) is 53.9 Å². The molecule has 1 nitrogen and oxygen atoms in total. The molecule has 0 amide bonds. The van der Waals surface area contributed by atoms with Gasteiger partial charge >= 0.3 is 0 Å². The first-order valence-corrected chi connectivity index (χ1v) is 19.6. The Morgan fingerprint density at radius 1 is 0.545 bits per heavy atom. The highest BCUT2D eigenvalue weighted by molar-refractivity contribution is 6.12. The van der Waals surface area contributed by atoms with E-state index in [1.165, 1.54) is 111 Å². The molecule has 1 heterocycles. The van der Waals surface area contributed by atoms with E-state index in [0.717, 1.165) is 0 Å². The number of hydrogen-bond donors (Lipinski definition) is 0. The van der Waals surface area contributed by atoms with Crippen LogP contribution < -0.4 is 0 Å². The van der Waals surface area contributed by atoms with Crippen LogP contribution in [0.25, 0.3) is 77.6 Å². The second-order valence-electron chi connectivity index (χ2n) is 15.9. The highest BCUT2D eigenvalue weighted by Crippen LogP contribution is 2.53. The van der Waals surface area contributed by atoms with Gasteiger partial charge in [0.2, 0.25) is 0 Å². The lowest BCUT2D eigenvalue weighted by Gasteiger charge is -2.23. The summed E-state index contributed by atoms with van der Waals surface area (Å²) < 4.78 is 2.42. The summed E-state index contributed by atoms with van der Waals surface area (Å²) in [4.78, 5) is 0. The topological polar surface area (TPSA) is 4.93 Å². The molecule has 1 aliphatic carbocycles. The van der Waals surface area contributed by atoms with E-state index < -0.39 is 0 Å². The molecule has 8 aromatic rings. The van der Waals surface area contributed by atoms with Crippen molar-refractivity contribution >= 4 is 27.4 Å². The predicted octanol–water partition coefficient (Wildman–Crippen LogP) is 15.0. The lowest BCUT2D eigenvalue weighted by Crippen LogP contribution is -2.15. The number of para-hydroxylation sites is 1. The van der Waals surface area contributed by atoms with Gasteiger partial charge in [-0.1, -0.05) is 129 Å². The van der Waals surface area contributed by atoms with Crippen LogP contribution >= 0.6 is 0 Å². The minimum Gasteiger partial charge on any atom is -0.309 e. The van der Waals surface area contributed by atoms with Crippen LogP contribution in [0.1, 0.15) is 61.1 Å². The number of benzene rings is 7. The molecule has 1 aliphatic rings. The Balaban J connectivity index is 1.22. The monoisotopic (exact) mass is 709 g/mol. The van der Waals surface area contributed by atoms with Gasteiger partial charge < -0.3 is 4.57 Å². The molecule has 9 rings (SSSR count). The largest absolute Gasteiger partial charge is 0.309 e. The first-order chi connectivity index (χ1) is 26.7. The lowest BCUT2D eigenvalue weighted by atomic mass is 9.80. The minimum absolute atomic E-state index is 0.0772. The normalized spacial score (nSPS) is 13.5. The molecule has 0 saturated heterocycles. The Hall–Kier alpha value is -6.18. The van der Waals surface area contributed by atoms with Gasteiger partial charge in [0.05, 0.1) is 11.0 Å². The standard InChI is InChI=1S/C54H47N/c1-8-9-15-34(2)38-20-22-39(23-21-38)40-24-28-51-46(31-40)47-32-41(25-29-52(47)55(51)42-17-11-10-12-18-42)45-33-48-50(30-36(45)4)54(6,7)49-27-26-44(37(5)53(48)49)43-19-14-13-16-35(43)3/h8-33H,1-7H3/b9-8-,34-15+. The smallest absolute Gasteiger partial charge is 0.0541 e. The first kappa shape index (κ1) is 34.6. The molecule has 0 bridgehead atoms. The molecule has 1 heteroatoms. The zero-order valence-electron chi connectivity index (χ0n) is 33.0. The molecule has 0 aliphatic heterocycles. The predicted molar refractivity (Wildman–Crippen MR) is 237 cm³/mol. The minimum atomic E-state index is -0.0772. The maximum atomic E-state index is 2.49. The zero-order chi connectivity index (χ0) is 38.0. The molecular formula is C54H47N. The quantitative estimate of drug-likeness (QED) is 0.152. The van der Waals surface area contributed by atoms with Gasteiger partial charge in [0.1, 0.15) is 0 Å². The Kier molecular flexibility index (Phi) is 8.35. The number of aromatic nitrogens is 1. The van der Waals surface area contributed by atoms with Gasteiger partial charge in [0, 0.05) is 21.9 Å². The number of hydrogen-bond acceptors (Lipinski definition) is 0. The Labute approximate surface area is 325 Å². The van der Waals surface area contributed by atoms with Crippen molar-refractivity contribution in [3.63, 3.8) is 0 Å². The molecule has 268 valence electrons. The molecule has 0 atom stereocenters. The van der Waals surface area contributed by atoms with Crippen molar-refractivity contribution in [2.24, 2.45) is 0 Å². The number of aryl methyl sites for hydroxylation is 2. The van der Waals surface area contributed by atoms with Crippen LogP contribution in [0.3, 0.4) is 0 Å². The fourth-order valence-corrected chi connectivity index (χ4v) is 9.12. The third kappa shape index (κ3) is 5.61. The van der Waals surface area contributed by atoms with Gasteiger partial charge in [-0.05, 0) is 161 Å². The zero-order valence-corrected chi connectivity index (χ0v) is 33.0. The van der Waals surface area contributed by atoms with E-state index in [4.69, 9.17) is 0 Å². The second kappa shape index (κ2) is 13.3. The third-order valence-corrected chi connectivity index (χ3v) is 12.2. The number of fused-ring (bicyclic) bond motifs is 6. The summed E-state index contributed by atoms with van der Waals surface area (Å²) in [5.74, 6) is 0. The van der Waals surface area contributed by atoms with E-state index in [0.29, 0.717) is 0 Å². The van der Waals surface area contributed by atoms with Crippen molar-refractivity contribution in [3.8, 4) is 50.2 Å². The van der Waals surface area contributed by atoms with Gasteiger partial charge in [-0.15, -0.1) is 0 Å². The van der Waals surface area contributed by atoms with Crippen molar-refractivity contribution in [3.05, 3.63) is 191 Å². The van der Waals surface area contributed by atoms with E-state index in [1.54, 1.807) is 0 Å². The van der Waals surface area contributed by atoms with Crippen LogP contribution in [0.15, 0.2) is 158 Å². The molecule has 1 aromatic heterocycles. The summed E-state index contributed by atoms with van der Waals surface area (Å²) in [5, 5.41) is 2.52. The van der Waals surface area contributed by atoms with Gasteiger partial charge in [-0.2, -0.15) is 0 Å². The Morgan fingerprint density at radius 3 is 1.91 bits per heavy atom. The third-order valence-electron chi connectivity index (χ3n) is 12.2. The number of rotatable bonds is 6. The SMILES string of the molecule is C/C=C\C=C(/C)c1ccc(-c2ccc3c(c2)c2cc(-c4cc5c(cc4C)C(C)(C)c4ccc(-c6ccccc6C)c(C)c4-5)ccc2n3-c2ccccc2)cc1. The van der Waals surface area contributed by atoms with Crippen molar-refractivity contribution in [1.82, 2.24) is 4.57 Å². The molecule has 55 heavy (non-hydrogen) atoms. The van der Waals surface area contributed by atoms with E-state index in [1.807, 2.05) is 0 Å². The second-order valence-corrected chi connectivity index (χ2v) is 15.9. The molecule has 0 radical (unpaired) electrons. The highest BCUT2D eigenvalue weighted by atomic mass is 15.0. The molecule has 0 saturated carbocycles. The van der Waals surface area contributed by atoms with Gasteiger partial charge in [-0.25, -0.2) is 0 Å². The van der Waals surface area contributed by atoms with Crippen LogP contribution in [-0.2, 0) is 5.41 Å². The number of nitrogens with zero attached hydrogens (tertiary/aromatic N) is 1. The summed E-state index contributed by atoms with van der Waals surface area (Å²) >= 11 is 0. The molecule has 0 fully saturated rings.